The minimum Gasteiger partial charge on any atom is -0.466 e. The van der Waals surface area contributed by atoms with E-state index in [0.29, 0.717) is 0 Å². The Labute approximate surface area is 173 Å². The van der Waals surface area contributed by atoms with Crippen LogP contribution in [0.15, 0.2) is 30.3 Å². The van der Waals surface area contributed by atoms with Gasteiger partial charge >= 0.3 is 23.9 Å². The van der Waals surface area contributed by atoms with Crippen molar-refractivity contribution in [2.45, 2.75) is 58.1 Å². The first-order valence-electron chi connectivity index (χ1n) is 9.13. The van der Waals surface area contributed by atoms with Crippen molar-refractivity contribution in [1.29, 1.82) is 0 Å². The lowest BCUT2D eigenvalue weighted by molar-refractivity contribution is -0.204. The van der Waals surface area contributed by atoms with Crippen molar-refractivity contribution < 1.29 is 47.6 Å². The van der Waals surface area contributed by atoms with Gasteiger partial charge in [0.25, 0.3) is 0 Å². The molecule has 0 aliphatic carbocycles. The van der Waals surface area contributed by atoms with Crippen LogP contribution in [-0.4, -0.2) is 61.7 Å². The lowest BCUT2D eigenvalue weighted by atomic mass is 10.0. The van der Waals surface area contributed by atoms with E-state index in [0.717, 1.165) is 33.4 Å². The molecular formula is C20H24O10. The summed E-state index contributed by atoms with van der Waals surface area (Å²) in [5, 5.41) is 0. The summed E-state index contributed by atoms with van der Waals surface area (Å²) in [5.74, 6) is -3.07. The van der Waals surface area contributed by atoms with E-state index >= 15 is 0 Å². The fraction of sp³-hybridized carbons (Fsp3) is 0.500. The zero-order chi connectivity index (χ0) is 22.3. The number of ether oxygens (including phenoxy) is 6. The van der Waals surface area contributed by atoms with Gasteiger partial charge in [-0.3, -0.25) is 14.4 Å². The third-order valence-electron chi connectivity index (χ3n) is 4.10. The summed E-state index contributed by atoms with van der Waals surface area (Å²) in [6.07, 6.45) is -6.49. The molecule has 0 bridgehead atoms. The third kappa shape index (κ3) is 6.26. The number of hydrogen-bond donors (Lipinski definition) is 0. The highest BCUT2D eigenvalue weighted by Crippen LogP contribution is 2.32. The summed E-state index contributed by atoms with van der Waals surface area (Å²) in [6, 6.07) is 9.06. The molecule has 2 rings (SSSR count). The molecule has 0 amide bonds. The van der Waals surface area contributed by atoms with Crippen LogP contribution in [0.25, 0.3) is 0 Å². The average molecular weight is 424 g/mol. The van der Waals surface area contributed by atoms with Crippen molar-refractivity contribution in [3.05, 3.63) is 35.9 Å². The lowest BCUT2D eigenvalue weighted by Crippen LogP contribution is -2.47. The van der Waals surface area contributed by atoms with E-state index in [9.17, 15) is 19.2 Å². The topological polar surface area (TPSA) is 124 Å². The minimum absolute atomic E-state index is 0.0594. The Balaban J connectivity index is 2.37. The molecule has 1 fully saturated rings. The molecule has 0 saturated carbocycles. The molecule has 1 saturated heterocycles. The lowest BCUT2D eigenvalue weighted by Gasteiger charge is -2.26. The molecule has 0 aromatic heterocycles. The minimum atomic E-state index is -1.54. The maximum atomic E-state index is 12.3. The Hall–Kier alpha value is -2.98. The van der Waals surface area contributed by atoms with Crippen LogP contribution in [0.5, 0.6) is 0 Å². The summed E-state index contributed by atoms with van der Waals surface area (Å²) < 4.78 is 31.7. The monoisotopic (exact) mass is 424 g/mol. The third-order valence-corrected chi connectivity index (χ3v) is 4.10. The summed E-state index contributed by atoms with van der Waals surface area (Å²) in [5.41, 5.74) is 0.788. The number of carbonyl (C=O) groups is 4. The number of benzene rings is 1. The standard InChI is InChI=1S/C20H24O10/c1-11(21)27-17(19(24)25-4)16-15(26-10-14-8-6-5-7-9-14)18(28-12(2)22)20(30-16)29-13(3)23/h5-9,15-18,20H,10H2,1-4H3/t15?,16-,17?,18+,20?/m1/s1. The van der Waals surface area contributed by atoms with Crippen molar-refractivity contribution in [2.75, 3.05) is 7.11 Å². The van der Waals surface area contributed by atoms with Gasteiger partial charge in [0.05, 0.1) is 13.7 Å². The van der Waals surface area contributed by atoms with Crippen LogP contribution in [0, 0.1) is 0 Å². The van der Waals surface area contributed by atoms with Gasteiger partial charge in [0, 0.05) is 20.8 Å². The molecule has 0 spiro atoms. The molecule has 10 heteroatoms. The van der Waals surface area contributed by atoms with E-state index in [1.54, 1.807) is 12.1 Å². The summed E-state index contributed by atoms with van der Waals surface area (Å²) in [7, 11) is 1.11. The van der Waals surface area contributed by atoms with Gasteiger partial charge in [0.2, 0.25) is 12.4 Å². The molecule has 164 valence electrons. The average Bonchev–Trinajstić information content (AvgIpc) is 3.00. The summed E-state index contributed by atoms with van der Waals surface area (Å²) in [4.78, 5) is 46.9. The first-order valence-corrected chi connectivity index (χ1v) is 9.13. The predicted molar refractivity (Wildman–Crippen MR) is 98.6 cm³/mol. The molecule has 1 heterocycles. The first kappa shape index (κ1) is 23.3. The Kier molecular flexibility index (Phi) is 8.31. The van der Waals surface area contributed by atoms with E-state index in [4.69, 9.17) is 28.4 Å². The largest absolute Gasteiger partial charge is 0.466 e. The molecule has 1 aliphatic rings. The molecule has 1 aromatic carbocycles. The molecule has 3 unspecified atom stereocenters. The van der Waals surface area contributed by atoms with Gasteiger partial charge in [-0.1, -0.05) is 30.3 Å². The van der Waals surface area contributed by atoms with Crippen molar-refractivity contribution in [2.24, 2.45) is 0 Å². The van der Waals surface area contributed by atoms with Gasteiger partial charge in [-0.05, 0) is 5.56 Å². The molecule has 0 N–H and O–H groups in total. The fourth-order valence-electron chi connectivity index (χ4n) is 2.97. The SMILES string of the molecule is COC(=O)C(OC(C)=O)[C@@H]1OC(OC(C)=O)[C@@H](OC(C)=O)C1OCc1ccccc1. The number of carbonyl (C=O) groups excluding carboxylic acids is 4. The highest BCUT2D eigenvalue weighted by Gasteiger charge is 2.55. The van der Waals surface area contributed by atoms with E-state index < -0.39 is 54.6 Å². The number of esters is 4. The second-order valence-electron chi connectivity index (χ2n) is 6.47. The van der Waals surface area contributed by atoms with Gasteiger partial charge in [0.15, 0.2) is 6.10 Å². The van der Waals surface area contributed by atoms with Crippen molar-refractivity contribution in [3.8, 4) is 0 Å². The van der Waals surface area contributed by atoms with Crippen LogP contribution in [0.1, 0.15) is 26.3 Å². The maximum absolute atomic E-state index is 12.3. The molecule has 0 radical (unpaired) electrons. The maximum Gasteiger partial charge on any atom is 0.350 e. The molecule has 5 atom stereocenters. The van der Waals surface area contributed by atoms with Crippen molar-refractivity contribution in [1.82, 2.24) is 0 Å². The van der Waals surface area contributed by atoms with Crippen LogP contribution in [0.2, 0.25) is 0 Å². The Morgan fingerprint density at radius 3 is 2.10 bits per heavy atom. The molecule has 1 aliphatic heterocycles. The van der Waals surface area contributed by atoms with Crippen LogP contribution < -0.4 is 0 Å². The number of methoxy groups -OCH3 is 1. The smallest absolute Gasteiger partial charge is 0.350 e. The normalized spacial score (nSPS) is 23.9. The van der Waals surface area contributed by atoms with Gasteiger partial charge in [-0.25, -0.2) is 4.79 Å². The van der Waals surface area contributed by atoms with Crippen LogP contribution >= 0.6 is 0 Å². The van der Waals surface area contributed by atoms with E-state index in [2.05, 4.69) is 0 Å². The second-order valence-corrected chi connectivity index (χ2v) is 6.47. The van der Waals surface area contributed by atoms with Crippen molar-refractivity contribution in [3.63, 3.8) is 0 Å². The fourth-order valence-corrected chi connectivity index (χ4v) is 2.97. The highest BCUT2D eigenvalue weighted by atomic mass is 16.8. The number of rotatable bonds is 8. The van der Waals surface area contributed by atoms with Gasteiger partial charge in [-0.15, -0.1) is 0 Å². The van der Waals surface area contributed by atoms with Gasteiger partial charge in [-0.2, -0.15) is 0 Å². The Bertz CT molecular complexity index is 762. The van der Waals surface area contributed by atoms with Gasteiger partial charge in [0.1, 0.15) is 12.2 Å². The predicted octanol–water partition coefficient (Wildman–Crippen LogP) is 0.896. The first-order chi connectivity index (χ1) is 14.2. The van der Waals surface area contributed by atoms with Crippen molar-refractivity contribution >= 4 is 23.9 Å². The van der Waals surface area contributed by atoms with E-state index in [-0.39, 0.29) is 6.61 Å². The second kappa shape index (κ2) is 10.7. The molecule has 30 heavy (non-hydrogen) atoms. The van der Waals surface area contributed by atoms with Crippen LogP contribution in [0.3, 0.4) is 0 Å². The van der Waals surface area contributed by atoms with Gasteiger partial charge < -0.3 is 28.4 Å². The van der Waals surface area contributed by atoms with Crippen LogP contribution in [-0.2, 0) is 54.2 Å². The molecular weight excluding hydrogens is 400 g/mol. The summed E-state index contributed by atoms with van der Waals surface area (Å²) in [6.45, 7) is 3.48. The quantitative estimate of drug-likeness (QED) is 0.439. The number of hydrogen-bond acceptors (Lipinski definition) is 10. The zero-order valence-corrected chi connectivity index (χ0v) is 17.1. The zero-order valence-electron chi connectivity index (χ0n) is 17.1. The Morgan fingerprint density at radius 1 is 0.933 bits per heavy atom. The summed E-state index contributed by atoms with van der Waals surface area (Å²) >= 11 is 0. The molecule has 1 aromatic rings. The van der Waals surface area contributed by atoms with Crippen LogP contribution in [0.4, 0.5) is 0 Å². The Morgan fingerprint density at radius 2 is 1.57 bits per heavy atom. The molecule has 10 nitrogen and oxygen atoms in total. The highest BCUT2D eigenvalue weighted by molar-refractivity contribution is 5.79. The van der Waals surface area contributed by atoms with E-state index in [1.165, 1.54) is 0 Å². The van der Waals surface area contributed by atoms with E-state index in [1.807, 2.05) is 18.2 Å².